The number of benzene rings is 2. The highest BCUT2D eigenvalue weighted by Gasteiger charge is 2.15. The maximum atomic E-state index is 14.2. The highest BCUT2D eigenvalue weighted by Crippen LogP contribution is 2.34. The number of aryl methyl sites for hydroxylation is 1. The molecule has 1 heterocycles. The van der Waals surface area contributed by atoms with Gasteiger partial charge < -0.3 is 4.57 Å². The van der Waals surface area contributed by atoms with Crippen molar-refractivity contribution >= 4 is 34.1 Å². The van der Waals surface area contributed by atoms with Crippen molar-refractivity contribution in [2.75, 3.05) is 0 Å². The van der Waals surface area contributed by atoms with Crippen LogP contribution in [0, 0.1) is 5.82 Å². The number of fused-ring (bicyclic) bond motifs is 1. The van der Waals surface area contributed by atoms with Crippen LogP contribution in [-0.2, 0) is 7.05 Å². The molecule has 0 spiro atoms. The summed E-state index contributed by atoms with van der Waals surface area (Å²) in [5, 5.41) is 1.51. The standard InChI is InChI=1S/C15H10Cl2FN/c1-19-13-5-3-2-4-9(13)6-14(19)11-7-10(16)8-12(17)15(11)18/h2-8H,1H3. The molecule has 0 fully saturated rings. The average molecular weight is 294 g/mol. The maximum Gasteiger partial charge on any atom is 0.151 e. The summed E-state index contributed by atoms with van der Waals surface area (Å²) in [4.78, 5) is 0. The Kier molecular flexibility index (Phi) is 3.00. The normalized spacial score (nSPS) is 11.2. The molecule has 0 bridgehead atoms. The molecule has 96 valence electrons. The van der Waals surface area contributed by atoms with Gasteiger partial charge in [-0.25, -0.2) is 4.39 Å². The minimum absolute atomic E-state index is 0.0350. The molecule has 0 saturated heterocycles. The van der Waals surface area contributed by atoms with E-state index in [0.29, 0.717) is 10.6 Å². The number of para-hydroxylation sites is 1. The van der Waals surface area contributed by atoms with Crippen molar-refractivity contribution in [3.63, 3.8) is 0 Å². The van der Waals surface area contributed by atoms with Crippen LogP contribution in [0.1, 0.15) is 0 Å². The van der Waals surface area contributed by atoms with E-state index in [-0.39, 0.29) is 5.02 Å². The first-order valence-corrected chi connectivity index (χ1v) is 6.53. The van der Waals surface area contributed by atoms with Crippen molar-refractivity contribution < 1.29 is 4.39 Å². The Morgan fingerprint density at radius 3 is 2.53 bits per heavy atom. The minimum Gasteiger partial charge on any atom is -0.344 e. The molecule has 1 nitrogen and oxygen atoms in total. The molecule has 2 aromatic carbocycles. The molecule has 19 heavy (non-hydrogen) atoms. The Hall–Kier alpha value is -1.51. The van der Waals surface area contributed by atoms with Crippen molar-refractivity contribution in [2.24, 2.45) is 7.05 Å². The van der Waals surface area contributed by atoms with E-state index in [0.717, 1.165) is 16.6 Å². The number of hydrogen-bond donors (Lipinski definition) is 0. The van der Waals surface area contributed by atoms with Gasteiger partial charge in [0.25, 0.3) is 0 Å². The summed E-state index contributed by atoms with van der Waals surface area (Å²) >= 11 is 11.8. The lowest BCUT2D eigenvalue weighted by Crippen LogP contribution is -1.94. The van der Waals surface area contributed by atoms with E-state index in [1.807, 2.05) is 41.9 Å². The molecule has 0 radical (unpaired) electrons. The highest BCUT2D eigenvalue weighted by molar-refractivity contribution is 6.35. The third-order valence-electron chi connectivity index (χ3n) is 3.22. The van der Waals surface area contributed by atoms with Crippen LogP contribution < -0.4 is 0 Å². The molecular formula is C15H10Cl2FN. The Labute approximate surface area is 120 Å². The highest BCUT2D eigenvalue weighted by atomic mass is 35.5. The van der Waals surface area contributed by atoms with Gasteiger partial charge in [-0.2, -0.15) is 0 Å². The minimum atomic E-state index is -0.447. The summed E-state index contributed by atoms with van der Waals surface area (Å²) < 4.78 is 16.1. The van der Waals surface area contributed by atoms with E-state index < -0.39 is 5.82 Å². The van der Waals surface area contributed by atoms with Crippen LogP contribution in [0.5, 0.6) is 0 Å². The largest absolute Gasteiger partial charge is 0.344 e. The number of rotatable bonds is 1. The van der Waals surface area contributed by atoms with E-state index in [9.17, 15) is 4.39 Å². The fraction of sp³-hybridized carbons (Fsp3) is 0.0667. The zero-order chi connectivity index (χ0) is 13.6. The SMILES string of the molecule is Cn1c(-c2cc(Cl)cc(Cl)c2F)cc2ccccc21. The van der Waals surface area contributed by atoms with Gasteiger partial charge in [-0.1, -0.05) is 41.4 Å². The Morgan fingerprint density at radius 1 is 1.05 bits per heavy atom. The number of hydrogen-bond acceptors (Lipinski definition) is 0. The second kappa shape index (κ2) is 4.55. The molecule has 3 rings (SSSR count). The van der Waals surface area contributed by atoms with Crippen molar-refractivity contribution in [3.8, 4) is 11.3 Å². The molecule has 0 aliphatic rings. The van der Waals surface area contributed by atoms with Crippen LogP contribution >= 0.6 is 23.2 Å². The van der Waals surface area contributed by atoms with E-state index in [4.69, 9.17) is 23.2 Å². The monoisotopic (exact) mass is 293 g/mol. The second-order valence-electron chi connectivity index (χ2n) is 4.40. The Morgan fingerprint density at radius 2 is 1.79 bits per heavy atom. The molecule has 0 aliphatic heterocycles. The molecule has 0 amide bonds. The van der Waals surface area contributed by atoms with Crippen LogP contribution in [0.4, 0.5) is 4.39 Å². The molecule has 0 unspecified atom stereocenters. The van der Waals surface area contributed by atoms with Gasteiger partial charge in [0, 0.05) is 28.5 Å². The quantitative estimate of drug-likeness (QED) is 0.537. The van der Waals surface area contributed by atoms with Crippen LogP contribution in [0.25, 0.3) is 22.2 Å². The fourth-order valence-electron chi connectivity index (χ4n) is 2.29. The van der Waals surface area contributed by atoms with Gasteiger partial charge in [0.05, 0.1) is 10.7 Å². The maximum absolute atomic E-state index is 14.2. The van der Waals surface area contributed by atoms with Gasteiger partial charge in [0.15, 0.2) is 5.82 Å². The molecule has 4 heteroatoms. The molecular weight excluding hydrogens is 284 g/mol. The predicted octanol–water partition coefficient (Wildman–Crippen LogP) is 5.29. The molecule has 3 aromatic rings. The fourth-order valence-corrected chi connectivity index (χ4v) is 2.78. The third kappa shape index (κ3) is 2.01. The number of nitrogens with zero attached hydrogens (tertiary/aromatic N) is 1. The zero-order valence-electron chi connectivity index (χ0n) is 10.1. The topological polar surface area (TPSA) is 4.93 Å². The van der Waals surface area contributed by atoms with Crippen molar-refractivity contribution in [1.29, 1.82) is 0 Å². The van der Waals surface area contributed by atoms with E-state index in [2.05, 4.69) is 0 Å². The molecule has 0 N–H and O–H groups in total. The van der Waals surface area contributed by atoms with Crippen LogP contribution in [0.2, 0.25) is 10.0 Å². The van der Waals surface area contributed by atoms with E-state index in [1.165, 1.54) is 6.07 Å². The van der Waals surface area contributed by atoms with E-state index >= 15 is 0 Å². The van der Waals surface area contributed by atoms with Gasteiger partial charge in [0.2, 0.25) is 0 Å². The first-order chi connectivity index (χ1) is 9.08. The lowest BCUT2D eigenvalue weighted by Gasteiger charge is -2.07. The van der Waals surface area contributed by atoms with Gasteiger partial charge in [-0.3, -0.25) is 0 Å². The summed E-state index contributed by atoms with van der Waals surface area (Å²) in [6.07, 6.45) is 0. The third-order valence-corrected chi connectivity index (χ3v) is 3.71. The molecule has 0 saturated carbocycles. The van der Waals surface area contributed by atoms with Gasteiger partial charge >= 0.3 is 0 Å². The number of halogens is 3. The summed E-state index contributed by atoms with van der Waals surface area (Å²) in [6, 6.07) is 12.8. The second-order valence-corrected chi connectivity index (χ2v) is 5.24. The smallest absolute Gasteiger partial charge is 0.151 e. The first-order valence-electron chi connectivity index (χ1n) is 5.77. The lowest BCUT2D eigenvalue weighted by atomic mass is 10.1. The van der Waals surface area contributed by atoms with Crippen LogP contribution in [-0.4, -0.2) is 4.57 Å². The van der Waals surface area contributed by atoms with Gasteiger partial charge in [0.1, 0.15) is 0 Å². The predicted molar refractivity (Wildman–Crippen MR) is 78.3 cm³/mol. The zero-order valence-corrected chi connectivity index (χ0v) is 11.6. The summed E-state index contributed by atoms with van der Waals surface area (Å²) in [6.45, 7) is 0. The Balaban J connectivity index is 2.33. The summed E-state index contributed by atoms with van der Waals surface area (Å²) in [5.74, 6) is -0.447. The van der Waals surface area contributed by atoms with Crippen molar-refractivity contribution in [2.45, 2.75) is 0 Å². The Bertz CT molecular complexity index is 777. The lowest BCUT2D eigenvalue weighted by molar-refractivity contribution is 0.630. The summed E-state index contributed by atoms with van der Waals surface area (Å²) in [5.41, 5.74) is 2.20. The summed E-state index contributed by atoms with van der Waals surface area (Å²) in [7, 11) is 1.89. The van der Waals surface area contributed by atoms with Gasteiger partial charge in [-0.15, -0.1) is 0 Å². The van der Waals surface area contributed by atoms with Crippen LogP contribution in [0.3, 0.4) is 0 Å². The van der Waals surface area contributed by atoms with E-state index in [1.54, 1.807) is 6.07 Å². The van der Waals surface area contributed by atoms with Gasteiger partial charge in [-0.05, 0) is 24.3 Å². The van der Waals surface area contributed by atoms with Crippen molar-refractivity contribution in [1.82, 2.24) is 4.57 Å². The van der Waals surface area contributed by atoms with Crippen molar-refractivity contribution in [3.05, 3.63) is 58.3 Å². The first kappa shape index (κ1) is 12.5. The average Bonchev–Trinajstić information content (AvgIpc) is 2.72. The number of aromatic nitrogens is 1. The molecule has 1 aromatic heterocycles. The molecule has 0 aliphatic carbocycles. The van der Waals surface area contributed by atoms with Crippen LogP contribution in [0.15, 0.2) is 42.5 Å². The molecule has 0 atom stereocenters.